The molecule has 1 unspecified atom stereocenters. The lowest BCUT2D eigenvalue weighted by molar-refractivity contribution is 0.0596. The maximum Gasteiger partial charge on any atom is 0.339 e. The summed E-state index contributed by atoms with van der Waals surface area (Å²) in [4.78, 5) is 11.8. The Hall–Kier alpha value is -1.15. The maximum absolute atomic E-state index is 12.5. The summed E-state index contributed by atoms with van der Waals surface area (Å²) in [5.74, 6) is -0.652. The van der Waals surface area contributed by atoms with Crippen LogP contribution in [0.1, 0.15) is 28.8 Å². The van der Waals surface area contributed by atoms with Crippen LogP contribution in [0.15, 0.2) is 23.1 Å². The minimum Gasteiger partial charge on any atom is -0.465 e. The molecule has 2 N–H and O–H groups in total. The molecule has 0 bridgehead atoms. The number of carbonyl (C=O) groups is 1. The van der Waals surface area contributed by atoms with Crippen molar-refractivity contribution in [2.24, 2.45) is 0 Å². The van der Waals surface area contributed by atoms with E-state index in [0.29, 0.717) is 6.54 Å². The number of piperidine rings is 1. The molecule has 1 fully saturated rings. The number of carbonyl (C=O) groups excluding carboxylic acids is 1. The van der Waals surface area contributed by atoms with Gasteiger partial charge in [-0.1, -0.05) is 11.6 Å². The van der Waals surface area contributed by atoms with Crippen LogP contribution in [0.5, 0.6) is 0 Å². The fraction of sp³-hybridized carbons (Fsp3) is 0.500. The maximum atomic E-state index is 12.5. The zero-order valence-corrected chi connectivity index (χ0v) is 14.2. The van der Waals surface area contributed by atoms with E-state index in [9.17, 15) is 13.2 Å². The molecule has 0 spiro atoms. The van der Waals surface area contributed by atoms with Crippen molar-refractivity contribution in [3.05, 3.63) is 29.3 Å². The number of benzene rings is 1. The van der Waals surface area contributed by atoms with E-state index in [1.165, 1.54) is 19.2 Å². The third-order valence-electron chi connectivity index (χ3n) is 3.45. The number of hydrogen-bond acceptors (Lipinski definition) is 5. The van der Waals surface area contributed by atoms with Crippen LogP contribution in [-0.4, -0.2) is 40.6 Å². The van der Waals surface area contributed by atoms with Crippen LogP contribution in [0, 0.1) is 6.92 Å². The highest BCUT2D eigenvalue weighted by atomic mass is 35.5. The molecule has 0 amide bonds. The van der Waals surface area contributed by atoms with Gasteiger partial charge in [0.25, 0.3) is 0 Å². The molecule has 124 valence electrons. The second-order valence-corrected chi connectivity index (χ2v) is 6.84. The molecule has 1 heterocycles. The van der Waals surface area contributed by atoms with Crippen molar-refractivity contribution in [1.82, 2.24) is 10.0 Å². The third kappa shape index (κ3) is 4.42. The molecular weight excluding hydrogens is 328 g/mol. The molecule has 0 aromatic heterocycles. The van der Waals surface area contributed by atoms with Gasteiger partial charge in [0.05, 0.1) is 17.6 Å². The fourth-order valence-corrected chi connectivity index (χ4v) is 3.83. The van der Waals surface area contributed by atoms with Crippen molar-refractivity contribution in [3.63, 3.8) is 0 Å². The number of hydrogen-bond donors (Lipinski definition) is 2. The minimum atomic E-state index is -3.75. The first kappa shape index (κ1) is 18.9. The van der Waals surface area contributed by atoms with E-state index in [1.54, 1.807) is 13.0 Å². The van der Waals surface area contributed by atoms with Crippen molar-refractivity contribution in [1.29, 1.82) is 0 Å². The molecule has 0 saturated carbocycles. The second kappa shape index (κ2) is 7.92. The largest absolute Gasteiger partial charge is 0.465 e. The van der Waals surface area contributed by atoms with Crippen LogP contribution in [0.2, 0.25) is 0 Å². The quantitative estimate of drug-likeness (QED) is 0.799. The number of halogens is 1. The minimum absolute atomic E-state index is 0. The Morgan fingerprint density at radius 2 is 2.14 bits per heavy atom. The second-order valence-electron chi connectivity index (χ2n) is 5.16. The number of methoxy groups -OCH3 is 1. The SMILES string of the molecule is COC(=O)c1cc(C)ccc1S(=O)(=O)NC1CCCNC1.Cl. The summed E-state index contributed by atoms with van der Waals surface area (Å²) < 4.78 is 32.3. The summed E-state index contributed by atoms with van der Waals surface area (Å²) in [5, 5.41) is 3.15. The standard InChI is InChI=1S/C14H20N2O4S.ClH/c1-10-5-6-13(12(8-10)14(17)20-2)21(18,19)16-11-4-3-7-15-9-11;/h5-6,8,11,15-16H,3-4,7,9H2,1-2H3;1H. The molecule has 0 radical (unpaired) electrons. The predicted molar refractivity (Wildman–Crippen MR) is 86.0 cm³/mol. The van der Waals surface area contributed by atoms with E-state index in [4.69, 9.17) is 0 Å². The Bertz CT molecular complexity index is 628. The molecule has 1 aromatic carbocycles. The highest BCUT2D eigenvalue weighted by Crippen LogP contribution is 2.19. The topological polar surface area (TPSA) is 84.5 Å². The van der Waals surface area contributed by atoms with Gasteiger partial charge in [-0.2, -0.15) is 0 Å². The fourth-order valence-electron chi connectivity index (χ4n) is 2.38. The Balaban J connectivity index is 0.00000242. The van der Waals surface area contributed by atoms with Crippen molar-refractivity contribution in [3.8, 4) is 0 Å². The highest BCUT2D eigenvalue weighted by Gasteiger charge is 2.26. The lowest BCUT2D eigenvalue weighted by Crippen LogP contribution is -2.45. The van der Waals surface area contributed by atoms with E-state index in [1.807, 2.05) is 0 Å². The Kier molecular flexibility index (Phi) is 6.80. The van der Waals surface area contributed by atoms with E-state index < -0.39 is 16.0 Å². The van der Waals surface area contributed by atoms with Gasteiger partial charge in [-0.25, -0.2) is 17.9 Å². The van der Waals surface area contributed by atoms with Gasteiger partial charge in [-0.15, -0.1) is 12.4 Å². The first-order chi connectivity index (χ1) is 9.94. The van der Waals surface area contributed by atoms with Gasteiger partial charge in [-0.05, 0) is 38.4 Å². The van der Waals surface area contributed by atoms with Crippen molar-refractivity contribution in [2.75, 3.05) is 20.2 Å². The summed E-state index contributed by atoms with van der Waals surface area (Å²) in [6.07, 6.45) is 1.70. The van der Waals surface area contributed by atoms with Crippen LogP contribution in [-0.2, 0) is 14.8 Å². The molecule has 1 atom stereocenters. The monoisotopic (exact) mass is 348 g/mol. The van der Waals surface area contributed by atoms with Crippen molar-refractivity contribution < 1.29 is 17.9 Å². The average Bonchev–Trinajstić information content (AvgIpc) is 2.46. The van der Waals surface area contributed by atoms with Crippen molar-refractivity contribution in [2.45, 2.75) is 30.7 Å². The highest BCUT2D eigenvalue weighted by molar-refractivity contribution is 7.89. The van der Waals surface area contributed by atoms with Gasteiger partial charge in [0.1, 0.15) is 0 Å². The zero-order valence-electron chi connectivity index (χ0n) is 12.6. The van der Waals surface area contributed by atoms with Gasteiger partial charge in [0, 0.05) is 12.6 Å². The number of aryl methyl sites for hydroxylation is 1. The van der Waals surface area contributed by atoms with E-state index in [0.717, 1.165) is 24.9 Å². The molecule has 1 saturated heterocycles. The van der Waals surface area contributed by atoms with Gasteiger partial charge in [0.2, 0.25) is 10.0 Å². The Morgan fingerprint density at radius 3 is 2.73 bits per heavy atom. The number of esters is 1. The van der Waals surface area contributed by atoms with Crippen LogP contribution < -0.4 is 10.0 Å². The smallest absolute Gasteiger partial charge is 0.339 e. The zero-order chi connectivity index (χ0) is 15.5. The summed E-state index contributed by atoms with van der Waals surface area (Å²) in [7, 11) is -2.52. The lowest BCUT2D eigenvalue weighted by Gasteiger charge is -2.24. The molecule has 2 rings (SSSR count). The van der Waals surface area contributed by atoms with E-state index >= 15 is 0 Å². The Labute approximate surface area is 137 Å². The molecule has 6 nitrogen and oxygen atoms in total. The summed E-state index contributed by atoms with van der Waals surface area (Å²) in [6, 6.07) is 4.48. The molecule has 8 heteroatoms. The van der Waals surface area contributed by atoms with Gasteiger partial charge < -0.3 is 10.1 Å². The predicted octanol–water partition coefficient (Wildman–Crippen LogP) is 1.23. The average molecular weight is 349 g/mol. The van der Waals surface area contributed by atoms with Crippen LogP contribution >= 0.6 is 12.4 Å². The lowest BCUT2D eigenvalue weighted by atomic mass is 10.1. The van der Waals surface area contributed by atoms with Crippen molar-refractivity contribution >= 4 is 28.4 Å². The number of rotatable bonds is 4. The summed E-state index contributed by atoms with van der Waals surface area (Å²) in [5.41, 5.74) is 0.863. The molecular formula is C14H21ClN2O4S. The number of nitrogens with one attached hydrogen (secondary N) is 2. The summed E-state index contributed by atoms with van der Waals surface area (Å²) in [6.45, 7) is 3.29. The summed E-state index contributed by atoms with van der Waals surface area (Å²) >= 11 is 0. The van der Waals surface area contributed by atoms with Crippen LogP contribution in [0.4, 0.5) is 0 Å². The first-order valence-corrected chi connectivity index (χ1v) is 8.34. The third-order valence-corrected chi connectivity index (χ3v) is 5.03. The molecule has 0 aliphatic carbocycles. The molecule has 1 aromatic rings. The van der Waals surface area contributed by atoms with E-state index in [2.05, 4.69) is 14.8 Å². The Morgan fingerprint density at radius 1 is 1.41 bits per heavy atom. The van der Waals surface area contributed by atoms with E-state index in [-0.39, 0.29) is 28.9 Å². The first-order valence-electron chi connectivity index (χ1n) is 6.86. The van der Waals surface area contributed by atoms with Gasteiger partial charge >= 0.3 is 5.97 Å². The molecule has 1 aliphatic rings. The van der Waals surface area contributed by atoms with Gasteiger partial charge in [0.15, 0.2) is 0 Å². The van der Waals surface area contributed by atoms with Crippen LogP contribution in [0.25, 0.3) is 0 Å². The van der Waals surface area contributed by atoms with Gasteiger partial charge in [-0.3, -0.25) is 0 Å². The molecule has 22 heavy (non-hydrogen) atoms. The van der Waals surface area contributed by atoms with Crippen LogP contribution in [0.3, 0.4) is 0 Å². The molecule has 1 aliphatic heterocycles. The number of sulfonamides is 1. The number of ether oxygens (including phenoxy) is 1. The normalized spacial score (nSPS) is 18.4.